The summed E-state index contributed by atoms with van der Waals surface area (Å²) in [5, 5.41) is 0. The molecule has 0 aromatic rings. The molecule has 58 valence electrons. The van der Waals surface area contributed by atoms with E-state index in [-0.39, 0.29) is 5.92 Å². The van der Waals surface area contributed by atoms with E-state index in [1.807, 2.05) is 19.3 Å². The summed E-state index contributed by atoms with van der Waals surface area (Å²) in [7, 11) is 0. The SMILES string of the molecule is CC(C)CC(=O)ONC=O. The van der Waals surface area contributed by atoms with Gasteiger partial charge in [-0.2, -0.15) is 5.48 Å². The Balaban J connectivity index is 3.34. The number of rotatable bonds is 4. The van der Waals surface area contributed by atoms with Gasteiger partial charge in [-0.25, -0.2) is 4.79 Å². The van der Waals surface area contributed by atoms with E-state index in [1.165, 1.54) is 0 Å². The molecule has 4 heteroatoms. The molecule has 0 aliphatic heterocycles. The molecule has 0 radical (unpaired) electrons. The van der Waals surface area contributed by atoms with Gasteiger partial charge < -0.3 is 4.84 Å². The van der Waals surface area contributed by atoms with E-state index in [0.717, 1.165) is 0 Å². The maximum Gasteiger partial charge on any atom is 0.332 e. The molecule has 0 unspecified atom stereocenters. The molecule has 0 fully saturated rings. The topological polar surface area (TPSA) is 55.4 Å². The fraction of sp³-hybridized carbons (Fsp3) is 0.667. The number of carbonyl (C=O) groups excluding carboxylic acids is 2. The molecule has 0 aromatic heterocycles. The van der Waals surface area contributed by atoms with Gasteiger partial charge in [0, 0.05) is 0 Å². The smallest absolute Gasteiger partial charge is 0.332 e. The highest BCUT2D eigenvalue weighted by atomic mass is 16.7. The molecule has 0 heterocycles. The van der Waals surface area contributed by atoms with Crippen LogP contribution >= 0.6 is 0 Å². The fourth-order valence-electron chi connectivity index (χ4n) is 0.465. The molecule has 1 amide bonds. The third-order valence-corrected chi connectivity index (χ3v) is 0.796. The van der Waals surface area contributed by atoms with Crippen LogP contribution in [0.2, 0.25) is 0 Å². The number of hydroxylamine groups is 1. The molecule has 0 atom stereocenters. The minimum absolute atomic E-state index is 0.251. The van der Waals surface area contributed by atoms with Gasteiger partial charge in [0.25, 0.3) is 0 Å². The molecular formula is C6H11NO3. The van der Waals surface area contributed by atoms with Gasteiger partial charge >= 0.3 is 5.97 Å². The lowest BCUT2D eigenvalue weighted by atomic mass is 10.1. The van der Waals surface area contributed by atoms with E-state index in [4.69, 9.17) is 0 Å². The first kappa shape index (κ1) is 8.94. The molecule has 0 aromatic carbocycles. The van der Waals surface area contributed by atoms with Gasteiger partial charge in [-0.05, 0) is 5.92 Å². The average Bonchev–Trinajstić information content (AvgIpc) is 1.82. The Morgan fingerprint density at radius 2 is 2.30 bits per heavy atom. The zero-order valence-corrected chi connectivity index (χ0v) is 6.09. The van der Waals surface area contributed by atoms with Crippen molar-refractivity contribution in [1.82, 2.24) is 5.48 Å². The molecule has 10 heavy (non-hydrogen) atoms. The minimum atomic E-state index is -0.415. The van der Waals surface area contributed by atoms with Gasteiger partial charge in [0.15, 0.2) is 0 Å². The Morgan fingerprint density at radius 1 is 1.70 bits per heavy atom. The van der Waals surface area contributed by atoms with Crippen molar-refractivity contribution >= 4 is 12.4 Å². The fourth-order valence-corrected chi connectivity index (χ4v) is 0.465. The quantitative estimate of drug-likeness (QED) is 0.455. The predicted octanol–water partition coefficient (Wildman–Crippen LogP) is 0.237. The summed E-state index contributed by atoms with van der Waals surface area (Å²) in [6.07, 6.45) is 0.638. The van der Waals surface area contributed by atoms with E-state index in [1.54, 1.807) is 0 Å². The van der Waals surface area contributed by atoms with Crippen molar-refractivity contribution in [2.24, 2.45) is 5.92 Å². The second-order valence-corrected chi connectivity index (χ2v) is 2.31. The first-order valence-corrected chi connectivity index (χ1v) is 3.05. The van der Waals surface area contributed by atoms with Crippen LogP contribution < -0.4 is 5.48 Å². The van der Waals surface area contributed by atoms with Gasteiger partial charge in [-0.15, -0.1) is 0 Å². The summed E-state index contributed by atoms with van der Waals surface area (Å²) in [5.41, 5.74) is 1.82. The van der Waals surface area contributed by atoms with Crippen LogP contribution in [0, 0.1) is 5.92 Å². The van der Waals surface area contributed by atoms with E-state index >= 15 is 0 Å². The number of hydrogen-bond acceptors (Lipinski definition) is 3. The van der Waals surface area contributed by atoms with Crippen LogP contribution in [0.25, 0.3) is 0 Å². The number of hydrogen-bond donors (Lipinski definition) is 1. The Morgan fingerprint density at radius 3 is 2.70 bits per heavy atom. The predicted molar refractivity (Wildman–Crippen MR) is 34.7 cm³/mol. The van der Waals surface area contributed by atoms with Crippen LogP contribution in [0.4, 0.5) is 0 Å². The number of carbonyl (C=O) groups is 2. The lowest BCUT2D eigenvalue weighted by molar-refractivity contribution is -0.155. The van der Waals surface area contributed by atoms with E-state index in [2.05, 4.69) is 4.84 Å². The maximum atomic E-state index is 10.6. The third-order valence-electron chi connectivity index (χ3n) is 0.796. The zero-order valence-electron chi connectivity index (χ0n) is 6.09. The average molecular weight is 145 g/mol. The minimum Gasteiger partial charge on any atom is -0.341 e. The Hall–Kier alpha value is -1.06. The zero-order chi connectivity index (χ0) is 7.98. The van der Waals surface area contributed by atoms with Gasteiger partial charge in [0.1, 0.15) is 0 Å². The monoisotopic (exact) mass is 145 g/mol. The largest absolute Gasteiger partial charge is 0.341 e. The molecular weight excluding hydrogens is 134 g/mol. The van der Waals surface area contributed by atoms with Crippen LogP contribution in [-0.2, 0) is 14.4 Å². The number of nitrogens with one attached hydrogen (secondary N) is 1. The molecule has 0 bridgehead atoms. The van der Waals surface area contributed by atoms with E-state index in [0.29, 0.717) is 12.8 Å². The number of amides is 1. The lowest BCUT2D eigenvalue weighted by Crippen LogP contribution is -2.18. The first-order valence-electron chi connectivity index (χ1n) is 3.05. The third kappa shape index (κ3) is 5.08. The van der Waals surface area contributed by atoms with Crippen LogP contribution in [-0.4, -0.2) is 12.4 Å². The summed E-state index contributed by atoms with van der Waals surface area (Å²) in [5.74, 6) is -0.164. The second-order valence-electron chi connectivity index (χ2n) is 2.31. The summed E-state index contributed by atoms with van der Waals surface area (Å²) in [4.78, 5) is 24.4. The van der Waals surface area contributed by atoms with Crippen LogP contribution in [0.1, 0.15) is 20.3 Å². The van der Waals surface area contributed by atoms with Crippen LogP contribution in [0.3, 0.4) is 0 Å². The van der Waals surface area contributed by atoms with Crippen LogP contribution in [0.5, 0.6) is 0 Å². The summed E-state index contributed by atoms with van der Waals surface area (Å²) >= 11 is 0. The van der Waals surface area contributed by atoms with Gasteiger partial charge in [0.05, 0.1) is 6.42 Å². The van der Waals surface area contributed by atoms with Crippen molar-refractivity contribution in [1.29, 1.82) is 0 Å². The lowest BCUT2D eigenvalue weighted by Gasteiger charge is -2.02. The Bertz CT molecular complexity index is 122. The normalized spacial score (nSPS) is 9.10. The maximum absolute atomic E-state index is 10.6. The van der Waals surface area contributed by atoms with E-state index in [9.17, 15) is 9.59 Å². The molecule has 0 spiro atoms. The first-order chi connectivity index (χ1) is 4.66. The Labute approximate surface area is 59.5 Å². The van der Waals surface area contributed by atoms with E-state index < -0.39 is 5.97 Å². The Kier molecular flexibility index (Phi) is 4.28. The highest BCUT2D eigenvalue weighted by Crippen LogP contribution is 1.98. The molecule has 1 N–H and O–H groups in total. The van der Waals surface area contributed by atoms with Crippen molar-refractivity contribution in [3.05, 3.63) is 0 Å². The van der Waals surface area contributed by atoms with Crippen molar-refractivity contribution in [2.75, 3.05) is 0 Å². The molecule has 4 nitrogen and oxygen atoms in total. The van der Waals surface area contributed by atoms with Gasteiger partial charge in [-0.1, -0.05) is 13.8 Å². The summed E-state index contributed by atoms with van der Waals surface area (Å²) in [6.45, 7) is 3.78. The molecule has 0 saturated carbocycles. The molecule has 0 aliphatic rings. The van der Waals surface area contributed by atoms with Gasteiger partial charge in [0.2, 0.25) is 6.41 Å². The van der Waals surface area contributed by atoms with Crippen molar-refractivity contribution in [3.63, 3.8) is 0 Å². The summed E-state index contributed by atoms with van der Waals surface area (Å²) in [6, 6.07) is 0. The van der Waals surface area contributed by atoms with Crippen molar-refractivity contribution in [2.45, 2.75) is 20.3 Å². The summed E-state index contributed by atoms with van der Waals surface area (Å²) < 4.78 is 0. The molecule has 0 saturated heterocycles. The van der Waals surface area contributed by atoms with Crippen LogP contribution in [0.15, 0.2) is 0 Å². The van der Waals surface area contributed by atoms with Gasteiger partial charge in [-0.3, -0.25) is 4.79 Å². The molecule has 0 aliphatic carbocycles. The molecule has 0 rings (SSSR count). The highest BCUT2D eigenvalue weighted by Gasteiger charge is 2.04. The van der Waals surface area contributed by atoms with Crippen molar-refractivity contribution < 1.29 is 14.4 Å². The van der Waals surface area contributed by atoms with Crippen molar-refractivity contribution in [3.8, 4) is 0 Å². The standard InChI is InChI=1S/C6H11NO3/c1-5(2)3-6(9)10-7-4-8/h4-5H,3H2,1-2H3,(H,7,8). The highest BCUT2D eigenvalue weighted by molar-refractivity contribution is 5.70. The second kappa shape index (κ2) is 4.78.